The van der Waals surface area contributed by atoms with Crippen LogP contribution in [0.3, 0.4) is 0 Å². The van der Waals surface area contributed by atoms with Crippen molar-refractivity contribution in [2.24, 2.45) is 11.8 Å². The highest BCUT2D eigenvalue weighted by Crippen LogP contribution is 2.41. The molecule has 1 amide bonds. The Hall–Kier alpha value is -1.43. The first-order valence-electron chi connectivity index (χ1n) is 5.67. The highest BCUT2D eigenvalue weighted by Gasteiger charge is 2.53. The number of piperidine rings is 1. The van der Waals surface area contributed by atoms with Crippen LogP contribution in [0.1, 0.15) is 6.42 Å². The molecule has 1 saturated heterocycles. The molecule has 2 aliphatic rings. The molecule has 6 nitrogen and oxygen atoms in total. The summed E-state index contributed by atoms with van der Waals surface area (Å²) in [6.45, 7) is 2.71. The third-order valence-corrected chi connectivity index (χ3v) is 3.45. The maximum Gasteiger partial charge on any atom is 0.222 e. The van der Waals surface area contributed by atoms with Gasteiger partial charge in [0.2, 0.25) is 5.91 Å². The molecule has 6 heteroatoms. The Bertz CT molecular complexity index is 367. The number of nitrogens with zero attached hydrogens (tertiary/aromatic N) is 3. The molecule has 1 aromatic rings. The summed E-state index contributed by atoms with van der Waals surface area (Å²) in [6, 6.07) is 0.421. The number of aryl methyl sites for hydroxylation is 1. The number of hydrogen-bond acceptors (Lipinski definition) is 4. The first-order valence-corrected chi connectivity index (χ1v) is 5.67. The fraction of sp³-hybridized carbons (Fsp3) is 0.700. The van der Waals surface area contributed by atoms with Crippen LogP contribution in [-0.4, -0.2) is 39.8 Å². The smallest absolute Gasteiger partial charge is 0.222 e. The molecule has 2 atom stereocenters. The van der Waals surface area contributed by atoms with Gasteiger partial charge in [-0.3, -0.25) is 9.48 Å². The zero-order chi connectivity index (χ0) is 11.0. The summed E-state index contributed by atoms with van der Waals surface area (Å²) in [5, 5.41) is 10.3. The van der Waals surface area contributed by atoms with Crippen LogP contribution in [0.5, 0.6) is 0 Å². The van der Waals surface area contributed by atoms with Gasteiger partial charge in [-0.25, -0.2) is 4.98 Å². The molecule has 0 aromatic carbocycles. The van der Waals surface area contributed by atoms with E-state index in [1.54, 1.807) is 11.0 Å². The Balaban J connectivity index is 1.41. The van der Waals surface area contributed by atoms with Crippen molar-refractivity contribution < 1.29 is 4.79 Å². The summed E-state index contributed by atoms with van der Waals surface area (Å²) in [5.41, 5.74) is 0. The van der Waals surface area contributed by atoms with Crippen LogP contribution in [0.15, 0.2) is 12.7 Å². The third-order valence-electron chi connectivity index (χ3n) is 3.45. The van der Waals surface area contributed by atoms with Crippen LogP contribution < -0.4 is 10.6 Å². The van der Waals surface area contributed by atoms with Crippen LogP contribution in [0, 0.1) is 11.8 Å². The van der Waals surface area contributed by atoms with Gasteiger partial charge in [0.25, 0.3) is 0 Å². The fourth-order valence-corrected chi connectivity index (χ4v) is 2.45. The summed E-state index contributed by atoms with van der Waals surface area (Å²) in [5.74, 6) is 1.47. The molecule has 1 saturated carbocycles. The number of hydrogen-bond donors (Lipinski definition) is 2. The van der Waals surface area contributed by atoms with Crippen molar-refractivity contribution in [3.8, 4) is 0 Å². The van der Waals surface area contributed by atoms with E-state index < -0.39 is 0 Å². The maximum atomic E-state index is 11.6. The molecule has 86 valence electrons. The zero-order valence-corrected chi connectivity index (χ0v) is 8.97. The van der Waals surface area contributed by atoms with Crippen molar-refractivity contribution >= 4 is 5.91 Å². The minimum absolute atomic E-state index is 0.120. The quantitative estimate of drug-likeness (QED) is 0.684. The highest BCUT2D eigenvalue weighted by molar-refractivity contribution is 5.76. The Morgan fingerprint density at radius 1 is 1.50 bits per heavy atom. The molecule has 2 unspecified atom stereocenters. The predicted octanol–water partition coefficient (Wildman–Crippen LogP) is -0.998. The molecular formula is C10H15N5O. The van der Waals surface area contributed by atoms with E-state index >= 15 is 0 Å². The van der Waals surface area contributed by atoms with Crippen molar-refractivity contribution in [3.63, 3.8) is 0 Å². The number of carbonyl (C=O) groups excluding carboxylic acids is 1. The van der Waals surface area contributed by atoms with Gasteiger partial charge in [-0.1, -0.05) is 0 Å². The van der Waals surface area contributed by atoms with Crippen molar-refractivity contribution in [1.29, 1.82) is 0 Å². The van der Waals surface area contributed by atoms with E-state index in [1.165, 1.54) is 6.33 Å². The van der Waals surface area contributed by atoms with E-state index in [2.05, 4.69) is 20.7 Å². The second-order valence-corrected chi connectivity index (χ2v) is 4.49. The number of fused-ring (bicyclic) bond motifs is 1. The number of nitrogens with one attached hydrogen (secondary N) is 2. The molecular weight excluding hydrogens is 206 g/mol. The van der Waals surface area contributed by atoms with E-state index in [0.717, 1.165) is 13.1 Å². The lowest BCUT2D eigenvalue weighted by molar-refractivity contribution is -0.121. The van der Waals surface area contributed by atoms with Gasteiger partial charge < -0.3 is 10.6 Å². The largest absolute Gasteiger partial charge is 0.353 e. The average molecular weight is 221 g/mol. The molecule has 2 N–H and O–H groups in total. The van der Waals surface area contributed by atoms with Crippen molar-refractivity contribution in [2.45, 2.75) is 19.0 Å². The van der Waals surface area contributed by atoms with Crippen molar-refractivity contribution in [1.82, 2.24) is 25.4 Å². The first kappa shape index (κ1) is 9.77. The molecule has 1 aromatic heterocycles. The van der Waals surface area contributed by atoms with E-state index in [1.807, 2.05) is 0 Å². The van der Waals surface area contributed by atoms with Gasteiger partial charge in [0.05, 0.1) is 6.54 Å². The van der Waals surface area contributed by atoms with Crippen molar-refractivity contribution in [3.05, 3.63) is 12.7 Å². The Morgan fingerprint density at radius 3 is 3.00 bits per heavy atom. The van der Waals surface area contributed by atoms with Crippen LogP contribution in [-0.2, 0) is 11.3 Å². The first-order chi connectivity index (χ1) is 7.84. The van der Waals surface area contributed by atoms with Gasteiger partial charge >= 0.3 is 0 Å². The normalized spacial score (nSPS) is 31.1. The van der Waals surface area contributed by atoms with Crippen LogP contribution in [0.4, 0.5) is 0 Å². The summed E-state index contributed by atoms with van der Waals surface area (Å²) in [4.78, 5) is 15.5. The summed E-state index contributed by atoms with van der Waals surface area (Å²) in [6.07, 6.45) is 3.59. The van der Waals surface area contributed by atoms with Gasteiger partial charge in [0.1, 0.15) is 12.7 Å². The summed E-state index contributed by atoms with van der Waals surface area (Å²) >= 11 is 0. The van der Waals surface area contributed by atoms with Crippen LogP contribution in [0.2, 0.25) is 0 Å². The molecule has 2 heterocycles. The summed E-state index contributed by atoms with van der Waals surface area (Å²) < 4.78 is 1.68. The molecule has 0 radical (unpaired) electrons. The van der Waals surface area contributed by atoms with Gasteiger partial charge in [-0.2, -0.15) is 5.10 Å². The fourth-order valence-electron chi connectivity index (χ4n) is 2.45. The maximum absolute atomic E-state index is 11.6. The van der Waals surface area contributed by atoms with E-state index in [0.29, 0.717) is 30.8 Å². The lowest BCUT2D eigenvalue weighted by Crippen LogP contribution is -2.32. The Morgan fingerprint density at radius 2 is 2.31 bits per heavy atom. The Kier molecular flexibility index (Phi) is 2.36. The predicted molar refractivity (Wildman–Crippen MR) is 56.4 cm³/mol. The average Bonchev–Trinajstić information content (AvgIpc) is 2.80. The standard InChI is InChI=1S/C10H15N5O/c16-9(1-2-15-6-12-5-13-15)14-10-7-3-11-4-8(7)10/h5-8,10-11H,1-4H2,(H,14,16). The van der Waals surface area contributed by atoms with Gasteiger partial charge in [-0.15, -0.1) is 0 Å². The lowest BCUT2D eigenvalue weighted by Gasteiger charge is -2.07. The minimum atomic E-state index is 0.120. The van der Waals surface area contributed by atoms with E-state index in [4.69, 9.17) is 0 Å². The minimum Gasteiger partial charge on any atom is -0.353 e. The lowest BCUT2D eigenvalue weighted by atomic mass is 10.3. The van der Waals surface area contributed by atoms with Crippen molar-refractivity contribution in [2.75, 3.05) is 13.1 Å². The molecule has 0 bridgehead atoms. The van der Waals surface area contributed by atoms with Gasteiger partial charge in [-0.05, 0) is 11.8 Å². The second kappa shape index (κ2) is 3.86. The molecule has 0 spiro atoms. The Labute approximate surface area is 93.4 Å². The molecule has 1 aliphatic heterocycles. The van der Waals surface area contributed by atoms with Gasteiger partial charge in [0, 0.05) is 25.6 Å². The summed E-state index contributed by atoms with van der Waals surface area (Å²) in [7, 11) is 0. The van der Waals surface area contributed by atoms with E-state index in [-0.39, 0.29) is 5.91 Å². The number of aromatic nitrogens is 3. The third kappa shape index (κ3) is 1.80. The van der Waals surface area contributed by atoms with Gasteiger partial charge in [0.15, 0.2) is 0 Å². The van der Waals surface area contributed by atoms with E-state index in [9.17, 15) is 4.79 Å². The van der Waals surface area contributed by atoms with Crippen LogP contribution >= 0.6 is 0 Å². The monoisotopic (exact) mass is 221 g/mol. The molecule has 3 rings (SSSR count). The second-order valence-electron chi connectivity index (χ2n) is 4.49. The number of carbonyl (C=O) groups is 1. The number of amides is 1. The molecule has 2 fully saturated rings. The topological polar surface area (TPSA) is 71.8 Å². The molecule has 16 heavy (non-hydrogen) atoms. The zero-order valence-electron chi connectivity index (χ0n) is 8.97. The number of rotatable bonds is 4. The SMILES string of the molecule is O=C(CCn1cncn1)NC1C2CNCC21. The molecule has 1 aliphatic carbocycles. The highest BCUT2D eigenvalue weighted by atomic mass is 16.1. The van der Waals surface area contributed by atoms with Crippen LogP contribution in [0.25, 0.3) is 0 Å².